The highest BCUT2D eigenvalue weighted by atomic mass is 19.4. The van der Waals surface area contributed by atoms with E-state index in [4.69, 9.17) is 9.26 Å². The molecule has 0 spiro atoms. The van der Waals surface area contributed by atoms with Crippen LogP contribution in [-0.4, -0.2) is 58.8 Å². The molecule has 2 N–H and O–H groups in total. The summed E-state index contributed by atoms with van der Waals surface area (Å²) in [5.41, 5.74) is -0.883. The highest BCUT2D eigenvalue weighted by molar-refractivity contribution is 6.02. The van der Waals surface area contributed by atoms with Gasteiger partial charge in [0, 0.05) is 24.8 Å². The molecule has 40 heavy (non-hydrogen) atoms. The minimum absolute atomic E-state index is 0.0560. The van der Waals surface area contributed by atoms with Crippen LogP contribution in [0.25, 0.3) is 0 Å². The Morgan fingerprint density at radius 1 is 1.07 bits per heavy atom. The zero-order chi connectivity index (χ0) is 28.9. The average molecular weight is 560 g/mol. The molecule has 4 rings (SSSR count). The van der Waals surface area contributed by atoms with E-state index >= 15 is 0 Å². The Morgan fingerprint density at radius 2 is 1.77 bits per heavy atom. The first-order chi connectivity index (χ1) is 18.9. The van der Waals surface area contributed by atoms with E-state index < -0.39 is 29.2 Å². The zero-order valence-corrected chi connectivity index (χ0v) is 22.5. The topological polar surface area (TPSA) is 110 Å². The summed E-state index contributed by atoms with van der Waals surface area (Å²) in [6.07, 6.45) is -1.00. The molecule has 2 amide bonds. The number of ether oxygens (including phenoxy) is 1. The van der Waals surface area contributed by atoms with Gasteiger partial charge >= 0.3 is 6.18 Å². The number of hydrogen-bond donors (Lipinski definition) is 2. The van der Waals surface area contributed by atoms with Gasteiger partial charge in [-0.15, -0.1) is 0 Å². The number of nitrogens with one attached hydrogen (secondary N) is 2. The molecule has 1 aliphatic heterocycles. The number of likely N-dealkylation sites (tertiary alicyclic amines) is 1. The van der Waals surface area contributed by atoms with Gasteiger partial charge in [-0.3, -0.25) is 9.59 Å². The number of anilines is 2. The van der Waals surface area contributed by atoms with Gasteiger partial charge in [0.2, 0.25) is 5.91 Å². The van der Waals surface area contributed by atoms with Crippen LogP contribution in [-0.2, 0) is 16.6 Å². The fraction of sp³-hybridized carbons (Fsp3) is 0.429. The van der Waals surface area contributed by atoms with Crippen LogP contribution in [0.3, 0.4) is 0 Å². The summed E-state index contributed by atoms with van der Waals surface area (Å²) in [6.45, 7) is 7.13. The number of rotatable bonds is 9. The predicted octanol–water partition coefficient (Wildman–Crippen LogP) is 5.21. The largest absolute Gasteiger partial charge is 0.489 e. The quantitative estimate of drug-likeness (QED) is 0.371. The van der Waals surface area contributed by atoms with E-state index in [9.17, 15) is 22.8 Å². The molecule has 12 heteroatoms. The Bertz CT molecular complexity index is 1300. The van der Waals surface area contributed by atoms with Crippen LogP contribution in [0.4, 0.5) is 24.7 Å². The second-order valence-electron chi connectivity index (χ2n) is 10.2. The van der Waals surface area contributed by atoms with Crippen molar-refractivity contribution < 1.29 is 32.0 Å². The molecule has 0 aliphatic carbocycles. The van der Waals surface area contributed by atoms with Crippen molar-refractivity contribution in [2.75, 3.05) is 30.3 Å². The highest BCUT2D eigenvalue weighted by Gasteiger charge is 2.51. The minimum atomic E-state index is -4.54. The summed E-state index contributed by atoms with van der Waals surface area (Å²) in [6, 6.07) is 11.0. The van der Waals surface area contributed by atoms with Crippen LogP contribution in [0, 0.1) is 0 Å². The first-order valence-electron chi connectivity index (χ1n) is 13.0. The number of nitrogens with zero attached hydrogens (tertiary/aromatic N) is 3. The Hall–Kier alpha value is -3.93. The number of pyridine rings is 1. The third-order valence-corrected chi connectivity index (χ3v) is 6.93. The maximum atomic E-state index is 13.2. The van der Waals surface area contributed by atoms with Gasteiger partial charge in [0.15, 0.2) is 11.6 Å². The molecule has 0 atom stereocenters. The molecule has 1 aliphatic rings. The highest BCUT2D eigenvalue weighted by Crippen LogP contribution is 2.41. The van der Waals surface area contributed by atoms with E-state index in [1.54, 1.807) is 42.6 Å². The molecule has 0 bridgehead atoms. The Balaban J connectivity index is 1.26. The molecule has 214 valence electrons. The maximum Gasteiger partial charge on any atom is 0.401 e. The number of carbonyl (C=O) groups excluding carboxylic acids is 2. The number of halogens is 3. The average Bonchev–Trinajstić information content (AvgIpc) is 3.39. The molecular weight excluding hydrogens is 527 g/mol. The van der Waals surface area contributed by atoms with Gasteiger partial charge in [0.1, 0.15) is 23.0 Å². The predicted molar refractivity (Wildman–Crippen MR) is 142 cm³/mol. The van der Waals surface area contributed by atoms with Crippen LogP contribution >= 0.6 is 0 Å². The molecule has 0 radical (unpaired) electrons. The fourth-order valence-corrected chi connectivity index (χ4v) is 4.16. The smallest absolute Gasteiger partial charge is 0.401 e. The van der Waals surface area contributed by atoms with E-state index in [0.717, 1.165) is 52.4 Å². The normalized spacial score (nSPS) is 15.1. The van der Waals surface area contributed by atoms with Crippen LogP contribution in [0.5, 0.6) is 5.75 Å². The third kappa shape index (κ3) is 7.17. The molecule has 1 saturated heterocycles. The number of hydrogen-bond acceptors (Lipinski definition) is 7. The lowest BCUT2D eigenvalue weighted by Gasteiger charge is -2.31. The first kappa shape index (κ1) is 29.1. The van der Waals surface area contributed by atoms with Crippen LogP contribution in [0.1, 0.15) is 55.4 Å². The summed E-state index contributed by atoms with van der Waals surface area (Å²) >= 11 is 0. The minimum Gasteiger partial charge on any atom is -0.489 e. The maximum absolute atomic E-state index is 13.2. The van der Waals surface area contributed by atoms with E-state index in [2.05, 4.69) is 32.6 Å². The van der Waals surface area contributed by atoms with E-state index in [1.165, 1.54) is 0 Å². The summed E-state index contributed by atoms with van der Waals surface area (Å²) < 4.78 is 50.4. The van der Waals surface area contributed by atoms with Crippen molar-refractivity contribution in [3.05, 3.63) is 65.7 Å². The van der Waals surface area contributed by atoms with Crippen LogP contribution < -0.4 is 15.4 Å². The van der Waals surface area contributed by atoms with Crippen molar-refractivity contribution >= 4 is 23.3 Å². The zero-order valence-electron chi connectivity index (χ0n) is 22.5. The van der Waals surface area contributed by atoms with Gasteiger partial charge in [-0.1, -0.05) is 24.2 Å². The van der Waals surface area contributed by atoms with Crippen molar-refractivity contribution in [1.29, 1.82) is 0 Å². The van der Waals surface area contributed by atoms with E-state index in [-0.39, 0.29) is 24.0 Å². The molecule has 1 aromatic carbocycles. The fourth-order valence-electron chi connectivity index (χ4n) is 4.16. The van der Waals surface area contributed by atoms with Gasteiger partial charge in [-0.05, 0) is 63.1 Å². The summed E-state index contributed by atoms with van der Waals surface area (Å²) in [5.74, 6) is -0.757. The molecule has 2 aromatic heterocycles. The lowest BCUT2D eigenvalue weighted by molar-refractivity contribution is -0.185. The van der Waals surface area contributed by atoms with Gasteiger partial charge in [0.05, 0.1) is 12.6 Å². The van der Waals surface area contributed by atoms with Crippen LogP contribution in [0.2, 0.25) is 0 Å². The number of piperidine rings is 1. The standard InChI is InChI=1S/C28H32F3N5O4/c1-4-36-13-11-20(12-14-36)39-21-9-10-22(32-17-21)26(38)33-19-7-5-18(6-8-19)15-25(37)34-24-16-23(40-35-24)27(2,3)28(29,30)31/h5-10,16-17,20H,4,11-15H2,1-3H3,(H,33,38)(H,34,35,37). The number of aromatic nitrogens is 2. The Kier molecular flexibility index (Phi) is 8.77. The van der Waals surface area contributed by atoms with Crippen molar-refractivity contribution in [3.63, 3.8) is 0 Å². The van der Waals surface area contributed by atoms with Crippen LogP contribution in [0.15, 0.2) is 53.2 Å². The molecule has 3 heterocycles. The second-order valence-corrected chi connectivity index (χ2v) is 10.2. The number of benzene rings is 1. The lowest BCUT2D eigenvalue weighted by Crippen LogP contribution is -2.38. The lowest BCUT2D eigenvalue weighted by atomic mass is 9.89. The molecule has 9 nitrogen and oxygen atoms in total. The first-order valence-corrected chi connectivity index (χ1v) is 13.0. The second kappa shape index (κ2) is 12.1. The SMILES string of the molecule is CCN1CCC(Oc2ccc(C(=O)Nc3ccc(CC(=O)Nc4cc(C(C)(C)C(F)(F)F)on4)cc3)nc2)CC1. The Morgan fingerprint density at radius 3 is 2.38 bits per heavy atom. The van der Waals surface area contributed by atoms with Crippen molar-refractivity contribution in [2.24, 2.45) is 0 Å². The summed E-state index contributed by atoms with van der Waals surface area (Å²) in [4.78, 5) is 31.6. The van der Waals surface area contributed by atoms with Gasteiger partial charge in [0.25, 0.3) is 5.91 Å². The number of amides is 2. The van der Waals surface area contributed by atoms with Gasteiger partial charge in [-0.2, -0.15) is 13.2 Å². The molecule has 1 fully saturated rings. The van der Waals surface area contributed by atoms with Gasteiger partial charge < -0.3 is 24.8 Å². The summed E-state index contributed by atoms with van der Waals surface area (Å²) in [5, 5.41) is 8.72. The molecular formula is C28H32F3N5O4. The third-order valence-electron chi connectivity index (χ3n) is 6.93. The summed E-state index contributed by atoms with van der Waals surface area (Å²) in [7, 11) is 0. The van der Waals surface area contributed by atoms with Crippen molar-refractivity contribution in [2.45, 2.75) is 57.7 Å². The van der Waals surface area contributed by atoms with Crippen molar-refractivity contribution in [1.82, 2.24) is 15.0 Å². The molecule has 0 saturated carbocycles. The number of carbonyl (C=O) groups is 2. The van der Waals surface area contributed by atoms with E-state index in [1.807, 2.05) is 0 Å². The number of alkyl halides is 3. The van der Waals surface area contributed by atoms with Gasteiger partial charge in [-0.25, -0.2) is 4.98 Å². The Labute approximate surface area is 230 Å². The molecule has 3 aromatic rings. The molecule has 0 unspecified atom stereocenters. The van der Waals surface area contributed by atoms with Crippen molar-refractivity contribution in [3.8, 4) is 5.75 Å². The van der Waals surface area contributed by atoms with E-state index in [0.29, 0.717) is 17.0 Å². The monoisotopic (exact) mass is 559 g/mol.